The summed E-state index contributed by atoms with van der Waals surface area (Å²) in [6.07, 6.45) is 0. The lowest BCUT2D eigenvalue weighted by Crippen LogP contribution is -2.16. The smallest absolute Gasteiger partial charge is 0.191 e. The van der Waals surface area contributed by atoms with Crippen molar-refractivity contribution >= 4 is 50.9 Å². The number of thiazole rings is 1. The molecule has 33 heavy (non-hydrogen) atoms. The molecule has 0 saturated carbocycles. The maximum absolute atomic E-state index is 13.0. The van der Waals surface area contributed by atoms with Gasteiger partial charge in [0.1, 0.15) is 5.82 Å². The Hall–Kier alpha value is -2.16. The maximum Gasteiger partial charge on any atom is 0.191 e. The third kappa shape index (κ3) is 5.50. The maximum atomic E-state index is 13.0. The first kappa shape index (κ1) is 24.0. The van der Waals surface area contributed by atoms with Gasteiger partial charge in [0.15, 0.2) is 15.3 Å². The fraction of sp³-hybridized carbons (Fsp3) is 0.360. The van der Waals surface area contributed by atoms with Crippen molar-refractivity contribution in [1.29, 1.82) is 0 Å². The van der Waals surface area contributed by atoms with E-state index in [1.54, 1.807) is 23.1 Å². The molecule has 1 atom stereocenters. The summed E-state index contributed by atoms with van der Waals surface area (Å²) in [7, 11) is 0. The van der Waals surface area contributed by atoms with Crippen molar-refractivity contribution in [2.24, 2.45) is 0 Å². The molecular weight excluding hydrogens is 469 g/mol. The highest BCUT2D eigenvalue weighted by atomic mass is 32.2. The monoisotopic (exact) mass is 496 g/mol. The fourth-order valence-corrected chi connectivity index (χ4v) is 6.47. The Kier molecular flexibility index (Phi) is 7.26. The van der Waals surface area contributed by atoms with E-state index in [4.69, 9.17) is 4.98 Å². The predicted octanol–water partition coefficient (Wildman–Crippen LogP) is 6.86. The van der Waals surface area contributed by atoms with Crippen LogP contribution >= 0.6 is 34.9 Å². The van der Waals surface area contributed by atoms with Crippen LogP contribution in [-0.4, -0.2) is 30.8 Å². The van der Waals surface area contributed by atoms with Gasteiger partial charge in [-0.05, 0) is 37.0 Å². The van der Waals surface area contributed by atoms with Crippen molar-refractivity contribution in [2.75, 3.05) is 0 Å². The molecule has 0 N–H and O–H groups in total. The predicted molar refractivity (Wildman–Crippen MR) is 140 cm³/mol. The molecule has 0 aliphatic rings. The molecule has 0 saturated heterocycles. The van der Waals surface area contributed by atoms with E-state index in [0.717, 1.165) is 32.9 Å². The molecule has 0 aliphatic carbocycles. The Balaban J connectivity index is 1.43. The van der Waals surface area contributed by atoms with Gasteiger partial charge in [-0.3, -0.25) is 4.79 Å². The van der Waals surface area contributed by atoms with Crippen molar-refractivity contribution in [3.8, 4) is 0 Å². The van der Waals surface area contributed by atoms with Crippen LogP contribution in [0.1, 0.15) is 56.4 Å². The first-order chi connectivity index (χ1) is 15.8. The van der Waals surface area contributed by atoms with Gasteiger partial charge in [0.25, 0.3) is 0 Å². The Morgan fingerprint density at radius 2 is 1.82 bits per heavy atom. The van der Waals surface area contributed by atoms with E-state index < -0.39 is 0 Å². The van der Waals surface area contributed by atoms with Crippen molar-refractivity contribution < 1.29 is 4.79 Å². The molecular formula is C25H28N4OS3. The summed E-state index contributed by atoms with van der Waals surface area (Å²) < 4.78 is 4.31. The molecule has 0 aliphatic heterocycles. The molecule has 172 valence electrons. The topological polar surface area (TPSA) is 60.7 Å². The third-order valence-electron chi connectivity index (χ3n) is 5.40. The number of carbonyl (C=O) groups is 1. The number of carbonyl (C=O) groups excluding carboxylic acids is 1. The normalized spacial score (nSPS) is 12.9. The quantitative estimate of drug-likeness (QED) is 0.196. The average Bonchev–Trinajstić information content (AvgIpc) is 3.39. The zero-order valence-electron chi connectivity index (χ0n) is 19.5. The largest absolute Gasteiger partial charge is 0.306 e. The minimum atomic E-state index is -0.246. The van der Waals surface area contributed by atoms with Crippen LogP contribution in [0.4, 0.5) is 0 Å². The first-order valence-corrected chi connectivity index (χ1v) is 13.7. The van der Waals surface area contributed by atoms with Gasteiger partial charge in [-0.1, -0.05) is 80.7 Å². The average molecular weight is 497 g/mol. The highest BCUT2D eigenvalue weighted by Gasteiger charge is 2.22. The minimum absolute atomic E-state index is 0.0687. The van der Waals surface area contributed by atoms with Crippen molar-refractivity contribution in [3.05, 3.63) is 65.5 Å². The minimum Gasteiger partial charge on any atom is -0.306 e. The number of para-hydroxylation sites is 1. The summed E-state index contributed by atoms with van der Waals surface area (Å²) in [6, 6.07) is 16.1. The van der Waals surface area contributed by atoms with Gasteiger partial charge in [0.05, 0.1) is 21.2 Å². The Morgan fingerprint density at radius 3 is 2.48 bits per heavy atom. The molecule has 4 aromatic rings. The molecule has 0 fully saturated rings. The molecule has 2 aromatic heterocycles. The van der Waals surface area contributed by atoms with E-state index >= 15 is 0 Å². The molecule has 0 spiro atoms. The third-order valence-corrected chi connectivity index (χ3v) is 8.65. The molecule has 8 heteroatoms. The number of hydrogen-bond acceptors (Lipinski definition) is 7. The lowest BCUT2D eigenvalue weighted by atomic mass is 9.86. The van der Waals surface area contributed by atoms with Gasteiger partial charge in [-0.2, -0.15) is 0 Å². The zero-order valence-corrected chi connectivity index (χ0v) is 22.0. The molecule has 0 amide bonds. The summed E-state index contributed by atoms with van der Waals surface area (Å²) in [5.41, 5.74) is 3.05. The number of Topliss-reactive ketones (excluding diaryl/α,β-unsaturated/α-hetero) is 1. The van der Waals surface area contributed by atoms with Gasteiger partial charge in [-0.25, -0.2) is 4.98 Å². The van der Waals surface area contributed by atoms with Gasteiger partial charge in [-0.15, -0.1) is 21.5 Å². The number of benzene rings is 2. The number of rotatable bonds is 8. The second kappa shape index (κ2) is 9.99. The molecule has 1 unspecified atom stereocenters. The number of fused-ring (bicyclic) bond motifs is 1. The van der Waals surface area contributed by atoms with Crippen LogP contribution in [0.3, 0.4) is 0 Å². The molecule has 2 heterocycles. The van der Waals surface area contributed by atoms with Crippen molar-refractivity contribution in [1.82, 2.24) is 19.7 Å². The van der Waals surface area contributed by atoms with Crippen molar-refractivity contribution in [2.45, 2.75) is 67.1 Å². The molecule has 0 radical (unpaired) electrons. The van der Waals surface area contributed by atoms with Gasteiger partial charge >= 0.3 is 0 Å². The van der Waals surface area contributed by atoms with Gasteiger partial charge in [0, 0.05) is 12.1 Å². The van der Waals surface area contributed by atoms with Crippen LogP contribution in [0.5, 0.6) is 0 Å². The van der Waals surface area contributed by atoms with Gasteiger partial charge < -0.3 is 4.57 Å². The summed E-state index contributed by atoms with van der Waals surface area (Å²) in [5.74, 6) is 1.70. The number of hydrogen-bond donors (Lipinski definition) is 0. The van der Waals surface area contributed by atoms with E-state index in [1.165, 1.54) is 22.0 Å². The van der Waals surface area contributed by atoms with E-state index in [0.29, 0.717) is 5.75 Å². The van der Waals surface area contributed by atoms with Crippen LogP contribution in [-0.2, 0) is 17.7 Å². The van der Waals surface area contributed by atoms with E-state index in [2.05, 4.69) is 60.7 Å². The number of ketones is 1. The Labute approximate surface area is 207 Å². The van der Waals surface area contributed by atoms with E-state index in [-0.39, 0.29) is 16.4 Å². The first-order valence-electron chi connectivity index (χ1n) is 11.0. The van der Waals surface area contributed by atoms with Crippen LogP contribution in [0.15, 0.2) is 58.0 Å². The highest BCUT2D eigenvalue weighted by molar-refractivity contribution is 8.00. The van der Waals surface area contributed by atoms with E-state index in [9.17, 15) is 4.79 Å². The molecule has 4 rings (SSSR count). The molecule has 5 nitrogen and oxygen atoms in total. The number of nitrogens with zero attached hydrogens (tertiary/aromatic N) is 4. The van der Waals surface area contributed by atoms with Gasteiger partial charge in [0.2, 0.25) is 0 Å². The van der Waals surface area contributed by atoms with Crippen LogP contribution in [0.25, 0.3) is 10.2 Å². The lowest BCUT2D eigenvalue weighted by molar-refractivity contribution is 0.0993. The lowest BCUT2D eigenvalue weighted by Gasteiger charge is -2.19. The second-order valence-electron chi connectivity index (χ2n) is 8.83. The SMILES string of the molecule is CCn1c(CSc2nc3ccccc3s2)nnc1SC(C)C(=O)c1ccc(C(C)(C)C)cc1. The van der Waals surface area contributed by atoms with Crippen LogP contribution < -0.4 is 0 Å². The van der Waals surface area contributed by atoms with Crippen molar-refractivity contribution in [3.63, 3.8) is 0 Å². The van der Waals surface area contributed by atoms with E-state index in [1.807, 2.05) is 37.3 Å². The summed E-state index contributed by atoms with van der Waals surface area (Å²) in [5, 5.41) is 9.35. The summed E-state index contributed by atoms with van der Waals surface area (Å²) in [4.78, 5) is 17.7. The fourth-order valence-electron chi connectivity index (χ4n) is 3.45. The molecule has 0 bridgehead atoms. The second-order valence-corrected chi connectivity index (χ2v) is 12.4. The molecule has 2 aromatic carbocycles. The summed E-state index contributed by atoms with van der Waals surface area (Å²) in [6.45, 7) is 11.3. The Bertz CT molecular complexity index is 1220. The zero-order chi connectivity index (χ0) is 23.6. The summed E-state index contributed by atoms with van der Waals surface area (Å²) >= 11 is 4.84. The Morgan fingerprint density at radius 1 is 1.09 bits per heavy atom. The number of thioether (sulfide) groups is 2. The number of aromatic nitrogens is 4. The highest BCUT2D eigenvalue weighted by Crippen LogP contribution is 2.32. The standard InChI is InChI=1S/C25H28N4OS3/c1-6-29-21(15-31-24-26-19-9-7-8-10-20(19)33-24)27-28-23(29)32-16(2)22(30)17-11-13-18(14-12-17)25(3,4)5/h7-14,16H,6,15H2,1-5H3. The van der Waals surface area contributed by atoms with Crippen LogP contribution in [0.2, 0.25) is 0 Å². The van der Waals surface area contributed by atoms with Crippen LogP contribution in [0, 0.1) is 0 Å².